The molecule has 1 heterocycles. The number of para-hydroxylation sites is 1. The summed E-state index contributed by atoms with van der Waals surface area (Å²) in [6.07, 6.45) is 1.75. The Balaban J connectivity index is 1.42. The Morgan fingerprint density at radius 2 is 1.80 bits per heavy atom. The highest BCUT2D eigenvalue weighted by Gasteiger charge is 2.08. The van der Waals surface area contributed by atoms with Crippen molar-refractivity contribution in [3.05, 3.63) is 63.6 Å². The summed E-state index contributed by atoms with van der Waals surface area (Å²) in [5.74, 6) is -0.557. The van der Waals surface area contributed by atoms with Crippen molar-refractivity contribution in [2.45, 2.75) is 19.3 Å². The standard InChI is InChI=1S/C18H16BrN3O2S/c19-13-10-8-12(9-11-13)18(24)22-21-16(23)6-3-7-17-20-14-4-1-2-5-15(14)25-17/h1-2,4-5,8-11H,3,6-7H2,(H,21,23)(H,22,24). The molecule has 0 unspecified atom stereocenters. The Kier molecular flexibility index (Phi) is 5.78. The number of halogens is 1. The van der Waals surface area contributed by atoms with Crippen molar-refractivity contribution in [2.24, 2.45) is 0 Å². The summed E-state index contributed by atoms with van der Waals surface area (Å²) in [4.78, 5) is 28.3. The zero-order valence-electron chi connectivity index (χ0n) is 13.3. The lowest BCUT2D eigenvalue weighted by Gasteiger charge is -2.07. The quantitative estimate of drug-likeness (QED) is 0.619. The number of carbonyl (C=O) groups is 2. The van der Waals surface area contributed by atoms with Crippen molar-refractivity contribution >= 4 is 49.3 Å². The first-order valence-corrected chi connectivity index (χ1v) is 9.42. The Morgan fingerprint density at radius 1 is 1.04 bits per heavy atom. The highest BCUT2D eigenvalue weighted by molar-refractivity contribution is 9.10. The van der Waals surface area contributed by atoms with E-state index in [4.69, 9.17) is 0 Å². The molecule has 1 aromatic heterocycles. The topological polar surface area (TPSA) is 71.1 Å². The fraction of sp³-hybridized carbons (Fsp3) is 0.167. The maximum atomic E-state index is 11.9. The largest absolute Gasteiger partial charge is 0.273 e. The lowest BCUT2D eigenvalue weighted by molar-refractivity contribution is -0.121. The molecule has 2 N–H and O–H groups in total. The van der Waals surface area contributed by atoms with Crippen LogP contribution < -0.4 is 10.9 Å². The lowest BCUT2D eigenvalue weighted by Crippen LogP contribution is -2.41. The first kappa shape index (κ1) is 17.6. The highest BCUT2D eigenvalue weighted by Crippen LogP contribution is 2.22. The number of hydrogen-bond acceptors (Lipinski definition) is 4. The van der Waals surface area contributed by atoms with Crippen LogP contribution in [0.2, 0.25) is 0 Å². The summed E-state index contributed by atoms with van der Waals surface area (Å²) in [6, 6.07) is 14.9. The summed E-state index contributed by atoms with van der Waals surface area (Å²) < 4.78 is 2.05. The third kappa shape index (κ3) is 4.87. The van der Waals surface area contributed by atoms with E-state index >= 15 is 0 Å². The second-order valence-corrected chi connectivity index (χ2v) is 7.47. The molecule has 0 aliphatic heterocycles. The first-order valence-electron chi connectivity index (χ1n) is 7.81. The number of benzene rings is 2. The normalized spacial score (nSPS) is 10.6. The predicted molar refractivity (Wildman–Crippen MR) is 102 cm³/mol. The Labute approximate surface area is 157 Å². The van der Waals surface area contributed by atoms with Gasteiger partial charge in [-0.15, -0.1) is 11.3 Å². The summed E-state index contributed by atoms with van der Waals surface area (Å²) >= 11 is 4.96. The number of carbonyl (C=O) groups excluding carboxylic acids is 2. The molecule has 7 heteroatoms. The molecule has 3 rings (SSSR count). The average molecular weight is 418 g/mol. The van der Waals surface area contributed by atoms with Gasteiger partial charge in [-0.25, -0.2) is 4.98 Å². The minimum atomic E-state index is -0.341. The molecule has 0 aliphatic carbocycles. The number of aryl methyl sites for hydroxylation is 1. The molecule has 2 aromatic carbocycles. The van der Waals surface area contributed by atoms with Gasteiger partial charge in [-0.3, -0.25) is 20.4 Å². The molecule has 25 heavy (non-hydrogen) atoms. The molecular weight excluding hydrogens is 402 g/mol. The molecule has 0 atom stereocenters. The van der Waals surface area contributed by atoms with E-state index in [1.807, 2.05) is 24.3 Å². The van der Waals surface area contributed by atoms with Crippen molar-refractivity contribution in [2.75, 3.05) is 0 Å². The Bertz CT molecular complexity index is 860. The highest BCUT2D eigenvalue weighted by atomic mass is 79.9. The molecule has 0 saturated carbocycles. The van der Waals surface area contributed by atoms with Gasteiger partial charge in [0.25, 0.3) is 5.91 Å². The molecule has 128 valence electrons. The van der Waals surface area contributed by atoms with Gasteiger partial charge in [0.1, 0.15) is 0 Å². The number of nitrogens with zero attached hydrogens (tertiary/aromatic N) is 1. The van der Waals surface area contributed by atoms with Crippen LogP contribution in [0.4, 0.5) is 0 Å². The van der Waals surface area contributed by atoms with Crippen molar-refractivity contribution < 1.29 is 9.59 Å². The number of fused-ring (bicyclic) bond motifs is 1. The number of hydrogen-bond donors (Lipinski definition) is 2. The van der Waals surface area contributed by atoms with E-state index < -0.39 is 0 Å². The zero-order chi connectivity index (χ0) is 17.6. The van der Waals surface area contributed by atoms with E-state index in [1.165, 1.54) is 0 Å². The minimum absolute atomic E-state index is 0.216. The minimum Gasteiger partial charge on any atom is -0.273 e. The molecule has 0 aliphatic rings. The van der Waals surface area contributed by atoms with Gasteiger partial charge in [-0.2, -0.15) is 0 Å². The van der Waals surface area contributed by atoms with E-state index in [0.29, 0.717) is 18.4 Å². The average Bonchev–Trinajstić information content (AvgIpc) is 3.03. The monoisotopic (exact) mass is 417 g/mol. The van der Waals surface area contributed by atoms with E-state index in [-0.39, 0.29) is 11.8 Å². The van der Waals surface area contributed by atoms with Gasteiger partial charge < -0.3 is 0 Å². The van der Waals surface area contributed by atoms with Crippen LogP contribution in [0.1, 0.15) is 28.2 Å². The number of rotatable bonds is 5. The lowest BCUT2D eigenvalue weighted by atomic mass is 10.2. The number of aromatic nitrogens is 1. The smallest absolute Gasteiger partial charge is 0.269 e. The van der Waals surface area contributed by atoms with E-state index in [1.54, 1.807) is 35.6 Å². The predicted octanol–water partition coefficient (Wildman–Crippen LogP) is 3.84. The van der Waals surface area contributed by atoms with Crippen LogP contribution in [0.25, 0.3) is 10.2 Å². The summed E-state index contributed by atoms with van der Waals surface area (Å²) in [5.41, 5.74) is 6.34. The van der Waals surface area contributed by atoms with Gasteiger partial charge in [-0.1, -0.05) is 28.1 Å². The number of thiazole rings is 1. The first-order chi connectivity index (χ1) is 12.1. The summed E-state index contributed by atoms with van der Waals surface area (Å²) in [7, 11) is 0. The van der Waals surface area contributed by atoms with E-state index in [9.17, 15) is 9.59 Å². The molecule has 0 bridgehead atoms. The van der Waals surface area contributed by atoms with Crippen LogP contribution in [0.15, 0.2) is 53.0 Å². The second kappa shape index (κ2) is 8.22. The van der Waals surface area contributed by atoms with Crippen molar-refractivity contribution in [1.29, 1.82) is 0 Å². The molecular formula is C18H16BrN3O2S. The molecule has 3 aromatic rings. The SMILES string of the molecule is O=C(CCCc1nc2ccccc2s1)NNC(=O)c1ccc(Br)cc1. The third-order valence-electron chi connectivity index (χ3n) is 3.55. The van der Waals surface area contributed by atoms with Crippen LogP contribution >= 0.6 is 27.3 Å². The zero-order valence-corrected chi connectivity index (χ0v) is 15.7. The van der Waals surface area contributed by atoms with Crippen molar-refractivity contribution in [3.8, 4) is 0 Å². The molecule has 0 spiro atoms. The maximum Gasteiger partial charge on any atom is 0.269 e. The fourth-order valence-electron chi connectivity index (χ4n) is 2.29. The molecule has 5 nitrogen and oxygen atoms in total. The van der Waals surface area contributed by atoms with Gasteiger partial charge in [0.05, 0.1) is 15.2 Å². The molecule has 2 amide bonds. The van der Waals surface area contributed by atoms with Crippen molar-refractivity contribution in [1.82, 2.24) is 15.8 Å². The number of hydrazine groups is 1. The number of amides is 2. The molecule has 0 saturated heterocycles. The van der Waals surface area contributed by atoms with E-state index in [0.717, 1.165) is 26.1 Å². The van der Waals surface area contributed by atoms with Gasteiger partial charge in [0, 0.05) is 16.5 Å². The fourth-order valence-corrected chi connectivity index (χ4v) is 3.56. The van der Waals surface area contributed by atoms with Gasteiger partial charge in [0.15, 0.2) is 0 Å². The summed E-state index contributed by atoms with van der Waals surface area (Å²) in [6.45, 7) is 0. The van der Waals surface area contributed by atoms with Crippen molar-refractivity contribution in [3.63, 3.8) is 0 Å². The van der Waals surface area contributed by atoms with Crippen LogP contribution in [-0.2, 0) is 11.2 Å². The maximum absolute atomic E-state index is 11.9. The molecule has 0 fully saturated rings. The Hall–Kier alpha value is -2.25. The van der Waals surface area contributed by atoms with Crippen LogP contribution in [-0.4, -0.2) is 16.8 Å². The van der Waals surface area contributed by atoms with Crippen LogP contribution in [0, 0.1) is 0 Å². The van der Waals surface area contributed by atoms with Crippen LogP contribution in [0.3, 0.4) is 0 Å². The van der Waals surface area contributed by atoms with E-state index in [2.05, 4.69) is 31.8 Å². The molecule has 0 radical (unpaired) electrons. The van der Waals surface area contributed by atoms with Crippen LogP contribution in [0.5, 0.6) is 0 Å². The Morgan fingerprint density at radius 3 is 2.56 bits per heavy atom. The second-order valence-electron chi connectivity index (χ2n) is 5.44. The van der Waals surface area contributed by atoms with Gasteiger partial charge >= 0.3 is 0 Å². The van der Waals surface area contributed by atoms with Gasteiger partial charge in [-0.05, 0) is 49.2 Å². The third-order valence-corrected chi connectivity index (χ3v) is 5.18. The van der Waals surface area contributed by atoms with Gasteiger partial charge in [0.2, 0.25) is 5.91 Å². The summed E-state index contributed by atoms with van der Waals surface area (Å²) in [5, 5.41) is 1.02. The number of nitrogens with one attached hydrogen (secondary N) is 2.